The van der Waals surface area contributed by atoms with E-state index in [9.17, 15) is 14.3 Å². The number of likely N-dealkylation sites (tertiary alicyclic amines) is 1. The van der Waals surface area contributed by atoms with Crippen molar-refractivity contribution in [1.82, 2.24) is 29.5 Å². The second-order valence-electron chi connectivity index (χ2n) is 11.8. The van der Waals surface area contributed by atoms with Crippen molar-refractivity contribution in [2.75, 3.05) is 39.0 Å². The molecule has 5 heterocycles. The minimum atomic E-state index is -0.618. The van der Waals surface area contributed by atoms with Crippen LogP contribution in [0.5, 0.6) is 5.75 Å². The molecule has 0 amide bonds. The zero-order chi connectivity index (χ0) is 30.5. The number of rotatable bonds is 5. The van der Waals surface area contributed by atoms with Gasteiger partial charge in [0.25, 0.3) is 0 Å². The summed E-state index contributed by atoms with van der Waals surface area (Å²) in [5, 5.41) is 16.7. The predicted molar refractivity (Wildman–Crippen MR) is 168 cm³/mol. The minimum Gasteiger partial charge on any atom is -0.508 e. The Bertz CT molecular complexity index is 1960. The number of hydrogen-bond acceptors (Lipinski definition) is 9. The number of nitrogens with two attached hydrogens (primary N) is 1. The number of nitrogens with zero attached hydrogens (tertiary/aromatic N) is 6. The summed E-state index contributed by atoms with van der Waals surface area (Å²) in [6.07, 6.45) is 6.74. The van der Waals surface area contributed by atoms with Crippen LogP contribution in [-0.4, -0.2) is 73.9 Å². The van der Waals surface area contributed by atoms with Crippen LogP contribution in [-0.2, 0) is 0 Å². The van der Waals surface area contributed by atoms with E-state index in [0.29, 0.717) is 39.5 Å². The molecule has 0 aliphatic carbocycles. The SMILES string of the molecule is CC(c1oc(=O)c2ccccc2c1C1=CCCN(C2CCN(C)CC2)C1)n1nc(-c2cc(O)cc(F)c2)c2c(N)ncnc21. The summed E-state index contributed by atoms with van der Waals surface area (Å²) >= 11 is 0. The van der Waals surface area contributed by atoms with Crippen LogP contribution in [0.2, 0.25) is 0 Å². The molecule has 7 rings (SSSR count). The van der Waals surface area contributed by atoms with Crippen LogP contribution in [0.3, 0.4) is 0 Å². The molecule has 11 heteroatoms. The van der Waals surface area contributed by atoms with Gasteiger partial charge in [0.2, 0.25) is 0 Å². The van der Waals surface area contributed by atoms with Crippen LogP contribution in [0.4, 0.5) is 10.2 Å². The molecule has 2 aliphatic heterocycles. The number of halogens is 1. The number of piperidine rings is 1. The van der Waals surface area contributed by atoms with E-state index in [-0.39, 0.29) is 11.6 Å². The lowest BCUT2D eigenvalue weighted by Crippen LogP contribution is -2.45. The number of aromatic nitrogens is 4. The Hall–Kier alpha value is -4.61. The number of anilines is 1. The zero-order valence-electron chi connectivity index (χ0n) is 24.7. The summed E-state index contributed by atoms with van der Waals surface area (Å²) in [5.41, 5.74) is 8.90. The highest BCUT2D eigenvalue weighted by molar-refractivity contribution is 5.99. The molecule has 3 aromatic heterocycles. The highest BCUT2D eigenvalue weighted by atomic mass is 19.1. The summed E-state index contributed by atoms with van der Waals surface area (Å²) < 4.78 is 22.2. The molecular formula is C33H34FN7O3. The first kappa shape index (κ1) is 28.2. The molecule has 0 spiro atoms. The van der Waals surface area contributed by atoms with Crippen LogP contribution in [0, 0.1) is 5.82 Å². The van der Waals surface area contributed by atoms with Gasteiger partial charge in [-0.15, -0.1) is 0 Å². The quantitative estimate of drug-likeness (QED) is 0.294. The predicted octanol–water partition coefficient (Wildman–Crippen LogP) is 4.82. The van der Waals surface area contributed by atoms with Gasteiger partial charge >= 0.3 is 5.63 Å². The van der Waals surface area contributed by atoms with Gasteiger partial charge in [-0.25, -0.2) is 23.8 Å². The molecule has 3 N–H and O–H groups in total. The average molecular weight is 596 g/mol. The normalized spacial score (nSPS) is 17.8. The number of benzene rings is 2. The van der Waals surface area contributed by atoms with E-state index in [1.165, 1.54) is 18.5 Å². The van der Waals surface area contributed by atoms with E-state index in [1.54, 1.807) is 10.7 Å². The fourth-order valence-electron chi connectivity index (χ4n) is 6.75. The minimum absolute atomic E-state index is 0.163. The Morgan fingerprint density at radius 2 is 1.86 bits per heavy atom. The molecule has 2 aliphatic rings. The van der Waals surface area contributed by atoms with Crippen LogP contribution < -0.4 is 11.4 Å². The summed E-state index contributed by atoms with van der Waals surface area (Å²) in [7, 11) is 2.17. The Labute approximate surface area is 253 Å². The van der Waals surface area contributed by atoms with Crippen molar-refractivity contribution in [1.29, 1.82) is 0 Å². The fraction of sp³-hybridized carbons (Fsp3) is 0.333. The van der Waals surface area contributed by atoms with E-state index in [2.05, 4.69) is 32.9 Å². The van der Waals surface area contributed by atoms with Gasteiger partial charge < -0.3 is 20.2 Å². The Morgan fingerprint density at radius 3 is 2.64 bits per heavy atom. The molecule has 226 valence electrons. The third-order valence-electron chi connectivity index (χ3n) is 8.99. The number of phenolic OH excluding ortho intramolecular Hbond substituents is 1. The van der Waals surface area contributed by atoms with Gasteiger partial charge in [-0.05, 0) is 75.5 Å². The first-order valence-electron chi connectivity index (χ1n) is 14.9. The van der Waals surface area contributed by atoms with Crippen LogP contribution >= 0.6 is 0 Å². The van der Waals surface area contributed by atoms with Crippen molar-refractivity contribution in [2.45, 2.75) is 38.3 Å². The monoisotopic (exact) mass is 595 g/mol. The Kier molecular flexibility index (Phi) is 7.14. The largest absolute Gasteiger partial charge is 0.508 e. The first-order chi connectivity index (χ1) is 21.3. The second kappa shape index (κ2) is 11.1. The maximum absolute atomic E-state index is 14.4. The van der Waals surface area contributed by atoms with E-state index in [1.807, 2.05) is 25.1 Å². The average Bonchev–Trinajstić information content (AvgIpc) is 3.42. The van der Waals surface area contributed by atoms with Crippen molar-refractivity contribution >= 4 is 33.2 Å². The van der Waals surface area contributed by atoms with E-state index in [0.717, 1.165) is 68.0 Å². The third-order valence-corrected chi connectivity index (χ3v) is 8.99. The highest BCUT2D eigenvalue weighted by Gasteiger charge is 2.31. The molecule has 0 radical (unpaired) electrons. The lowest BCUT2D eigenvalue weighted by atomic mass is 9.91. The van der Waals surface area contributed by atoms with Gasteiger partial charge in [0, 0.05) is 36.3 Å². The molecule has 1 fully saturated rings. The molecule has 10 nitrogen and oxygen atoms in total. The maximum atomic E-state index is 14.4. The Morgan fingerprint density at radius 1 is 1.09 bits per heavy atom. The van der Waals surface area contributed by atoms with Gasteiger partial charge in [-0.2, -0.15) is 5.10 Å². The molecule has 5 aromatic rings. The fourth-order valence-corrected chi connectivity index (χ4v) is 6.75. The smallest absolute Gasteiger partial charge is 0.343 e. The lowest BCUT2D eigenvalue weighted by molar-refractivity contribution is 0.132. The second-order valence-corrected chi connectivity index (χ2v) is 11.8. The number of aromatic hydroxyl groups is 1. The van der Waals surface area contributed by atoms with Gasteiger partial charge in [0.1, 0.15) is 41.2 Å². The summed E-state index contributed by atoms with van der Waals surface area (Å²) in [5.74, 6) is -0.240. The van der Waals surface area contributed by atoms with Gasteiger partial charge in [-0.3, -0.25) is 4.90 Å². The van der Waals surface area contributed by atoms with Crippen molar-refractivity contribution < 1.29 is 13.9 Å². The van der Waals surface area contributed by atoms with Crippen LogP contribution in [0.15, 0.2) is 64.1 Å². The molecule has 44 heavy (non-hydrogen) atoms. The maximum Gasteiger partial charge on any atom is 0.343 e. The zero-order valence-corrected chi connectivity index (χ0v) is 24.7. The van der Waals surface area contributed by atoms with Crippen molar-refractivity contribution in [3.63, 3.8) is 0 Å². The van der Waals surface area contributed by atoms with E-state index >= 15 is 0 Å². The molecule has 1 unspecified atom stereocenters. The van der Waals surface area contributed by atoms with Crippen LogP contribution in [0.1, 0.15) is 43.6 Å². The molecule has 1 saturated heterocycles. The number of hydrogen-bond donors (Lipinski definition) is 2. The van der Waals surface area contributed by atoms with Gasteiger partial charge in [0.15, 0.2) is 5.65 Å². The highest BCUT2D eigenvalue weighted by Crippen LogP contribution is 2.38. The molecule has 0 saturated carbocycles. The molecule has 2 aromatic carbocycles. The third kappa shape index (κ3) is 4.91. The summed E-state index contributed by atoms with van der Waals surface area (Å²) in [4.78, 5) is 27.0. The van der Waals surface area contributed by atoms with Gasteiger partial charge in [-0.1, -0.05) is 24.3 Å². The van der Waals surface area contributed by atoms with E-state index in [4.69, 9.17) is 15.2 Å². The van der Waals surface area contributed by atoms with Crippen molar-refractivity contribution in [3.05, 3.63) is 82.4 Å². The topological polar surface area (TPSA) is 127 Å². The standard InChI is InChI=1S/C33H34FN7O3/c1-19(41-32-28(31(35)36-18-37-32)29(38-41)21-14-22(34)16-24(42)15-21)30-27(25-7-3-4-8-26(25)33(43)44-30)20-6-5-11-40(17-20)23-9-12-39(2)13-10-23/h3-4,6-8,14-16,18-19,23,42H,5,9-13,17H2,1-2H3,(H2,35,36,37). The van der Waals surface area contributed by atoms with Crippen molar-refractivity contribution in [2.24, 2.45) is 0 Å². The Balaban J connectivity index is 1.39. The molecule has 1 atom stereocenters. The lowest BCUT2D eigenvalue weighted by Gasteiger charge is -2.39. The number of phenols is 1. The van der Waals surface area contributed by atoms with Crippen LogP contribution in [0.25, 0.3) is 38.6 Å². The van der Waals surface area contributed by atoms with Gasteiger partial charge in [0.05, 0.1) is 10.8 Å². The van der Waals surface area contributed by atoms with Crippen molar-refractivity contribution in [3.8, 4) is 17.0 Å². The molecule has 0 bridgehead atoms. The van der Waals surface area contributed by atoms with E-state index < -0.39 is 17.5 Å². The number of fused-ring (bicyclic) bond motifs is 2. The first-order valence-corrected chi connectivity index (χ1v) is 14.9. The number of nitrogen functional groups attached to an aromatic ring is 1. The summed E-state index contributed by atoms with van der Waals surface area (Å²) in [6, 6.07) is 11.1. The molecular weight excluding hydrogens is 561 g/mol. The summed E-state index contributed by atoms with van der Waals surface area (Å²) in [6.45, 7) is 5.78.